The van der Waals surface area contributed by atoms with Gasteiger partial charge in [-0.3, -0.25) is 5.43 Å². The predicted octanol–water partition coefficient (Wildman–Crippen LogP) is 0.122. The first-order valence-electron chi connectivity index (χ1n) is 2.96. The number of rotatable bonds is 0. The summed E-state index contributed by atoms with van der Waals surface area (Å²) in [5.74, 6) is 1.06. The van der Waals surface area contributed by atoms with Gasteiger partial charge in [0.25, 0.3) is 0 Å². The molecular formula is C6H7N3O. The molecule has 4 nitrogen and oxygen atoms in total. The Balaban J connectivity index is 2.28. The lowest BCUT2D eigenvalue weighted by atomic mass is 10.4. The highest BCUT2D eigenvalue weighted by atomic mass is 16.3. The molecule has 4 heteroatoms. The van der Waals surface area contributed by atoms with Crippen molar-refractivity contribution in [2.45, 2.75) is 0 Å². The maximum absolute atomic E-state index is 8.96. The number of nitrogens with zero attached hydrogens (tertiary/aromatic N) is 1. The number of hydrazine groups is 1. The van der Waals surface area contributed by atoms with Crippen molar-refractivity contribution in [1.82, 2.24) is 15.8 Å². The van der Waals surface area contributed by atoms with Crippen molar-refractivity contribution in [3.63, 3.8) is 0 Å². The van der Waals surface area contributed by atoms with Gasteiger partial charge in [-0.2, -0.15) is 0 Å². The van der Waals surface area contributed by atoms with E-state index in [1.165, 1.54) is 0 Å². The lowest BCUT2D eigenvalue weighted by molar-refractivity contribution is 0.257. The summed E-state index contributed by atoms with van der Waals surface area (Å²) in [4.78, 5) is 0. The zero-order chi connectivity index (χ0) is 6.97. The molecule has 0 saturated carbocycles. The monoisotopic (exact) mass is 137 g/mol. The van der Waals surface area contributed by atoms with Crippen molar-refractivity contribution >= 4 is 0 Å². The van der Waals surface area contributed by atoms with Crippen LogP contribution in [0.5, 0.6) is 0 Å². The van der Waals surface area contributed by atoms with Gasteiger partial charge in [-0.15, -0.1) is 0 Å². The molecule has 0 aromatic carbocycles. The van der Waals surface area contributed by atoms with E-state index in [0.717, 1.165) is 5.82 Å². The van der Waals surface area contributed by atoms with Gasteiger partial charge in [0.05, 0.1) is 0 Å². The van der Waals surface area contributed by atoms with Gasteiger partial charge >= 0.3 is 0 Å². The molecule has 10 heavy (non-hydrogen) atoms. The Morgan fingerprint density at radius 1 is 1.40 bits per heavy atom. The van der Waals surface area contributed by atoms with E-state index in [2.05, 4.69) is 10.7 Å². The Morgan fingerprint density at radius 2 is 2.30 bits per heavy atom. The van der Waals surface area contributed by atoms with Crippen LogP contribution in [0, 0.1) is 0 Å². The zero-order valence-electron chi connectivity index (χ0n) is 5.20. The highest BCUT2D eigenvalue weighted by Crippen LogP contribution is 2.10. The van der Waals surface area contributed by atoms with Crippen molar-refractivity contribution in [2.24, 2.45) is 0 Å². The van der Waals surface area contributed by atoms with Gasteiger partial charge in [0, 0.05) is 18.5 Å². The van der Waals surface area contributed by atoms with Crippen LogP contribution in [0.25, 0.3) is 0 Å². The normalized spacial score (nSPS) is 20.6. The van der Waals surface area contributed by atoms with Crippen molar-refractivity contribution in [2.75, 3.05) is 0 Å². The van der Waals surface area contributed by atoms with Gasteiger partial charge in [-0.25, -0.2) is 5.01 Å². The molecule has 3 N–H and O–H groups in total. The fourth-order valence-corrected chi connectivity index (χ4v) is 0.891. The summed E-state index contributed by atoms with van der Waals surface area (Å²) in [6, 6.07) is 0. The van der Waals surface area contributed by atoms with Crippen LogP contribution in [-0.2, 0) is 0 Å². The van der Waals surface area contributed by atoms with Crippen molar-refractivity contribution in [3.05, 3.63) is 36.3 Å². The maximum Gasteiger partial charge on any atom is 0.203 e. The Bertz CT molecular complexity index is 241. The number of fused-ring (bicyclic) bond motifs is 1. The average Bonchev–Trinajstić information content (AvgIpc) is 2.33. The summed E-state index contributed by atoms with van der Waals surface area (Å²) in [7, 11) is 0. The minimum atomic E-state index is 0.150. The molecule has 0 spiro atoms. The smallest absolute Gasteiger partial charge is 0.203 e. The molecule has 0 bridgehead atoms. The van der Waals surface area contributed by atoms with Crippen LogP contribution in [0.15, 0.2) is 36.3 Å². The van der Waals surface area contributed by atoms with Crippen molar-refractivity contribution in [1.29, 1.82) is 0 Å². The first kappa shape index (κ1) is 5.22. The summed E-state index contributed by atoms with van der Waals surface area (Å²) in [6.45, 7) is 0. The van der Waals surface area contributed by atoms with E-state index in [0.29, 0.717) is 0 Å². The van der Waals surface area contributed by atoms with E-state index in [1.807, 2.05) is 0 Å². The fourth-order valence-electron chi connectivity index (χ4n) is 0.891. The van der Waals surface area contributed by atoms with Crippen LogP contribution in [0.4, 0.5) is 0 Å². The molecule has 2 aliphatic heterocycles. The maximum atomic E-state index is 8.96. The van der Waals surface area contributed by atoms with Crippen LogP contribution in [0.1, 0.15) is 0 Å². The molecule has 0 saturated heterocycles. The summed E-state index contributed by atoms with van der Waals surface area (Å²) in [6.07, 6.45) is 6.94. The molecule has 0 aromatic rings. The highest BCUT2D eigenvalue weighted by Gasteiger charge is 2.13. The molecule has 0 radical (unpaired) electrons. The third-order valence-corrected chi connectivity index (χ3v) is 1.35. The highest BCUT2D eigenvalue weighted by molar-refractivity contribution is 5.22. The molecule has 0 amide bonds. The number of hydrogen-bond acceptors (Lipinski definition) is 4. The second-order valence-electron chi connectivity index (χ2n) is 2.05. The number of hydrogen-bond donors (Lipinski definition) is 3. The first-order chi connectivity index (χ1) is 4.86. The summed E-state index contributed by atoms with van der Waals surface area (Å²) < 4.78 is 0. The lowest BCUT2D eigenvalue weighted by Crippen LogP contribution is -2.34. The molecule has 2 heterocycles. The molecule has 0 aromatic heterocycles. The first-order valence-corrected chi connectivity index (χ1v) is 2.96. The summed E-state index contributed by atoms with van der Waals surface area (Å²) in [5, 5.41) is 13.6. The molecule has 0 unspecified atom stereocenters. The largest absolute Gasteiger partial charge is 0.494 e. The minimum absolute atomic E-state index is 0.150. The Morgan fingerprint density at radius 3 is 3.20 bits per heavy atom. The summed E-state index contributed by atoms with van der Waals surface area (Å²) in [5.41, 5.74) is 2.71. The van der Waals surface area contributed by atoms with E-state index in [4.69, 9.17) is 5.11 Å². The number of allylic oxidation sites excluding steroid dienone is 2. The lowest BCUT2D eigenvalue weighted by Gasteiger charge is -2.21. The third-order valence-electron chi connectivity index (χ3n) is 1.35. The van der Waals surface area contributed by atoms with Crippen molar-refractivity contribution in [3.8, 4) is 0 Å². The predicted molar refractivity (Wildman–Crippen MR) is 36.0 cm³/mol. The molecule has 0 atom stereocenters. The van der Waals surface area contributed by atoms with Crippen LogP contribution in [0.2, 0.25) is 0 Å². The molecule has 0 fully saturated rings. The average molecular weight is 137 g/mol. The van der Waals surface area contributed by atoms with E-state index in [9.17, 15) is 0 Å². The number of aliphatic hydroxyl groups excluding tert-OH is 1. The van der Waals surface area contributed by atoms with Gasteiger partial charge in [-0.05, 0) is 6.08 Å². The molecule has 2 rings (SSSR count). The van der Waals surface area contributed by atoms with Gasteiger partial charge in [-0.1, -0.05) is 0 Å². The number of nitrogens with one attached hydrogen (secondary N) is 2. The second kappa shape index (κ2) is 1.70. The van der Waals surface area contributed by atoms with E-state index in [1.54, 1.807) is 29.6 Å². The zero-order valence-corrected chi connectivity index (χ0v) is 5.20. The van der Waals surface area contributed by atoms with Gasteiger partial charge in [0.1, 0.15) is 5.82 Å². The molecular weight excluding hydrogens is 130 g/mol. The van der Waals surface area contributed by atoms with Crippen LogP contribution in [-0.4, -0.2) is 10.1 Å². The van der Waals surface area contributed by atoms with E-state index in [-0.39, 0.29) is 5.88 Å². The SMILES string of the molecule is OC1=CC=C2NC=CN2N1. The molecule has 0 aliphatic carbocycles. The Kier molecular flexibility index (Phi) is 0.887. The van der Waals surface area contributed by atoms with E-state index < -0.39 is 0 Å². The molecule has 2 aliphatic rings. The van der Waals surface area contributed by atoms with Gasteiger partial charge in [0.2, 0.25) is 5.88 Å². The standard InChI is InChI=1S/C6H7N3O/c10-6-2-1-5-7-3-4-9(5)8-6/h1-4,7-8,10H. The quantitative estimate of drug-likeness (QED) is 0.444. The molecule has 52 valence electrons. The van der Waals surface area contributed by atoms with E-state index >= 15 is 0 Å². The number of aliphatic hydroxyl groups is 1. The Hall–Kier alpha value is -1.58. The topological polar surface area (TPSA) is 47.5 Å². The van der Waals surface area contributed by atoms with Gasteiger partial charge < -0.3 is 10.4 Å². The summed E-state index contributed by atoms with van der Waals surface area (Å²) >= 11 is 0. The van der Waals surface area contributed by atoms with Crippen molar-refractivity contribution < 1.29 is 5.11 Å². The Labute approximate surface area is 58.1 Å². The fraction of sp³-hybridized carbons (Fsp3) is 0. The third kappa shape index (κ3) is 0.621. The van der Waals surface area contributed by atoms with Crippen LogP contribution < -0.4 is 10.7 Å². The second-order valence-corrected chi connectivity index (χ2v) is 2.05. The van der Waals surface area contributed by atoms with Crippen LogP contribution in [0.3, 0.4) is 0 Å². The van der Waals surface area contributed by atoms with Gasteiger partial charge in [0.15, 0.2) is 0 Å². The minimum Gasteiger partial charge on any atom is -0.494 e. The van der Waals surface area contributed by atoms with Crippen LogP contribution >= 0.6 is 0 Å².